The van der Waals surface area contributed by atoms with Gasteiger partial charge in [-0.05, 0) is 43.4 Å². The Balaban J connectivity index is 1.48. The highest BCUT2D eigenvalue weighted by atomic mass is 16.2. The topological polar surface area (TPSA) is 101 Å². The van der Waals surface area contributed by atoms with Gasteiger partial charge in [-0.3, -0.25) is 4.90 Å². The zero-order valence-electron chi connectivity index (χ0n) is 18.8. The molecule has 32 heavy (non-hydrogen) atoms. The summed E-state index contributed by atoms with van der Waals surface area (Å²) in [6, 6.07) is 18.0. The van der Waals surface area contributed by atoms with Gasteiger partial charge in [0.2, 0.25) is 0 Å². The molecule has 1 aliphatic rings. The number of benzene rings is 2. The average molecular weight is 433 g/mol. The number of amides is 2. The van der Waals surface area contributed by atoms with Crippen molar-refractivity contribution in [3.05, 3.63) is 60.2 Å². The Kier molecular flexibility index (Phi) is 6.46. The molecule has 0 saturated heterocycles. The van der Waals surface area contributed by atoms with Crippen LogP contribution in [0.1, 0.15) is 31.2 Å². The number of rotatable bonds is 6. The van der Waals surface area contributed by atoms with E-state index in [9.17, 15) is 4.79 Å². The number of fused-ring (bicyclic) bond motifs is 1. The van der Waals surface area contributed by atoms with Crippen molar-refractivity contribution in [2.75, 3.05) is 29.2 Å². The van der Waals surface area contributed by atoms with Gasteiger partial charge in [0, 0.05) is 49.9 Å². The fourth-order valence-electron chi connectivity index (χ4n) is 4.70. The van der Waals surface area contributed by atoms with Crippen molar-refractivity contribution in [3.8, 4) is 0 Å². The minimum Gasteiger partial charge on any atom is -0.377 e. The van der Waals surface area contributed by atoms with Gasteiger partial charge < -0.3 is 21.7 Å². The summed E-state index contributed by atoms with van der Waals surface area (Å²) in [6.45, 7) is 0.374. The zero-order chi connectivity index (χ0) is 22.7. The van der Waals surface area contributed by atoms with Gasteiger partial charge >= 0.3 is 6.03 Å². The smallest absolute Gasteiger partial charge is 0.319 e. The second-order valence-electron chi connectivity index (χ2n) is 8.63. The van der Waals surface area contributed by atoms with E-state index in [1.807, 2.05) is 56.6 Å². The summed E-state index contributed by atoms with van der Waals surface area (Å²) < 4.78 is 0. The van der Waals surface area contributed by atoms with E-state index in [4.69, 9.17) is 16.5 Å². The average Bonchev–Trinajstić information content (AvgIpc) is 2.80. The van der Waals surface area contributed by atoms with E-state index in [1.165, 1.54) is 0 Å². The zero-order valence-corrected chi connectivity index (χ0v) is 18.8. The normalized spacial score (nSPS) is 18.3. The van der Waals surface area contributed by atoms with E-state index < -0.39 is 6.03 Å². The molecule has 1 aliphatic carbocycles. The van der Waals surface area contributed by atoms with Crippen LogP contribution in [0.25, 0.3) is 10.9 Å². The molecule has 2 amide bonds. The lowest BCUT2D eigenvalue weighted by atomic mass is 9.89. The van der Waals surface area contributed by atoms with Crippen molar-refractivity contribution >= 4 is 34.1 Å². The maximum atomic E-state index is 12.3. The summed E-state index contributed by atoms with van der Waals surface area (Å²) in [5.41, 5.74) is 15.6. The maximum absolute atomic E-state index is 12.3. The van der Waals surface area contributed by atoms with Crippen molar-refractivity contribution < 1.29 is 4.79 Å². The van der Waals surface area contributed by atoms with Gasteiger partial charge in [-0.15, -0.1) is 0 Å². The van der Waals surface area contributed by atoms with Crippen LogP contribution in [0.4, 0.5) is 22.0 Å². The second kappa shape index (κ2) is 9.44. The first-order valence-electron chi connectivity index (χ1n) is 11.2. The number of nitrogens with one attached hydrogen (secondary N) is 1. The molecule has 0 radical (unpaired) electrons. The molecule has 3 aromatic rings. The maximum Gasteiger partial charge on any atom is 0.319 e. The first kappa shape index (κ1) is 21.9. The highest BCUT2D eigenvalue weighted by Gasteiger charge is 2.30. The van der Waals surface area contributed by atoms with Crippen LogP contribution in [-0.2, 0) is 6.54 Å². The molecular formula is C25H32N6O. The van der Waals surface area contributed by atoms with Crippen LogP contribution in [0.3, 0.4) is 0 Å². The molecule has 168 valence electrons. The molecule has 1 aromatic heterocycles. The molecule has 1 fully saturated rings. The van der Waals surface area contributed by atoms with Gasteiger partial charge in [0.15, 0.2) is 0 Å². The van der Waals surface area contributed by atoms with E-state index in [0.29, 0.717) is 12.6 Å². The van der Waals surface area contributed by atoms with E-state index in [-0.39, 0.29) is 6.04 Å². The number of pyridine rings is 1. The molecule has 0 unspecified atom stereocenters. The van der Waals surface area contributed by atoms with Crippen LogP contribution >= 0.6 is 0 Å². The molecule has 5 N–H and O–H groups in total. The molecule has 0 spiro atoms. The molecule has 0 atom stereocenters. The Bertz CT molecular complexity index is 1090. The number of primary amides is 1. The van der Waals surface area contributed by atoms with Crippen molar-refractivity contribution in [1.82, 2.24) is 4.98 Å². The Morgan fingerprint density at radius 3 is 2.41 bits per heavy atom. The molecule has 2 aromatic carbocycles. The van der Waals surface area contributed by atoms with E-state index in [0.717, 1.165) is 59.3 Å². The van der Waals surface area contributed by atoms with Crippen molar-refractivity contribution in [1.29, 1.82) is 0 Å². The number of para-hydroxylation sites is 2. The number of urea groups is 1. The SMILES string of the molecule is CN(C)c1cc(NC2CCC(N(C(N)=O)c3ccccc3CN)CC2)nc2ccccc12. The molecule has 7 heteroatoms. The van der Waals surface area contributed by atoms with Gasteiger partial charge in [0.05, 0.1) is 11.2 Å². The van der Waals surface area contributed by atoms with Crippen LogP contribution in [0, 0.1) is 0 Å². The quantitative estimate of drug-likeness (QED) is 0.545. The fraction of sp³-hybridized carbons (Fsp3) is 0.360. The lowest BCUT2D eigenvalue weighted by Crippen LogP contribution is -2.47. The molecule has 4 rings (SSSR count). The Morgan fingerprint density at radius 2 is 1.72 bits per heavy atom. The van der Waals surface area contributed by atoms with Crippen LogP contribution in [0.5, 0.6) is 0 Å². The van der Waals surface area contributed by atoms with Gasteiger partial charge in [-0.2, -0.15) is 0 Å². The Morgan fingerprint density at radius 1 is 1.03 bits per heavy atom. The molecule has 1 saturated carbocycles. The van der Waals surface area contributed by atoms with Gasteiger partial charge in [0.25, 0.3) is 0 Å². The van der Waals surface area contributed by atoms with Crippen LogP contribution in [0.15, 0.2) is 54.6 Å². The molecule has 7 nitrogen and oxygen atoms in total. The van der Waals surface area contributed by atoms with Crippen molar-refractivity contribution in [2.45, 2.75) is 44.3 Å². The number of carbonyl (C=O) groups excluding carboxylic acids is 1. The molecular weight excluding hydrogens is 400 g/mol. The van der Waals surface area contributed by atoms with Crippen LogP contribution in [0.2, 0.25) is 0 Å². The van der Waals surface area contributed by atoms with E-state index in [1.54, 1.807) is 4.90 Å². The van der Waals surface area contributed by atoms with Gasteiger partial charge in [-0.1, -0.05) is 36.4 Å². The van der Waals surface area contributed by atoms with E-state index in [2.05, 4.69) is 22.3 Å². The van der Waals surface area contributed by atoms with E-state index >= 15 is 0 Å². The summed E-state index contributed by atoms with van der Waals surface area (Å²) >= 11 is 0. The first-order chi connectivity index (χ1) is 15.5. The number of nitrogens with zero attached hydrogens (tertiary/aromatic N) is 3. The predicted molar refractivity (Wildman–Crippen MR) is 132 cm³/mol. The first-order valence-corrected chi connectivity index (χ1v) is 11.2. The second-order valence-corrected chi connectivity index (χ2v) is 8.63. The number of carbonyl (C=O) groups is 1. The standard InChI is InChI=1S/C25H32N6O/c1-30(2)23-15-24(29-21-9-5-4-8-20(21)23)28-18-11-13-19(14-12-18)31(25(27)32)22-10-6-3-7-17(22)16-26/h3-10,15,18-19H,11-14,16,26H2,1-2H3,(H2,27,32)(H,28,29). The highest BCUT2D eigenvalue weighted by Crippen LogP contribution is 2.32. The monoisotopic (exact) mass is 432 g/mol. The Labute approximate surface area is 189 Å². The third-order valence-corrected chi connectivity index (χ3v) is 6.30. The summed E-state index contributed by atoms with van der Waals surface area (Å²) in [7, 11) is 4.10. The fourth-order valence-corrected chi connectivity index (χ4v) is 4.70. The highest BCUT2D eigenvalue weighted by molar-refractivity contribution is 5.93. The van der Waals surface area contributed by atoms with Gasteiger partial charge in [0.1, 0.15) is 5.82 Å². The largest absolute Gasteiger partial charge is 0.377 e. The molecule has 0 aliphatic heterocycles. The minimum atomic E-state index is -0.422. The minimum absolute atomic E-state index is 0.0696. The van der Waals surface area contributed by atoms with Gasteiger partial charge in [-0.25, -0.2) is 9.78 Å². The summed E-state index contributed by atoms with van der Waals surface area (Å²) in [6.07, 6.45) is 3.61. The number of nitrogens with two attached hydrogens (primary N) is 2. The van der Waals surface area contributed by atoms with Crippen molar-refractivity contribution in [2.24, 2.45) is 11.5 Å². The van der Waals surface area contributed by atoms with Crippen molar-refractivity contribution in [3.63, 3.8) is 0 Å². The number of hydrogen-bond donors (Lipinski definition) is 3. The number of aromatic nitrogens is 1. The lowest BCUT2D eigenvalue weighted by Gasteiger charge is -2.37. The Hall–Kier alpha value is -3.32. The predicted octanol–water partition coefficient (Wildman–Crippen LogP) is 4.07. The summed E-state index contributed by atoms with van der Waals surface area (Å²) in [5, 5.41) is 4.77. The van der Waals surface area contributed by atoms with Crippen LogP contribution in [-0.4, -0.2) is 37.2 Å². The summed E-state index contributed by atoms with van der Waals surface area (Å²) in [5.74, 6) is 0.885. The third kappa shape index (κ3) is 4.48. The third-order valence-electron chi connectivity index (χ3n) is 6.30. The lowest BCUT2D eigenvalue weighted by molar-refractivity contribution is 0.248. The number of anilines is 3. The van der Waals surface area contributed by atoms with Crippen LogP contribution < -0.4 is 26.6 Å². The molecule has 0 bridgehead atoms. The number of hydrogen-bond acceptors (Lipinski definition) is 5. The molecule has 1 heterocycles. The summed E-state index contributed by atoms with van der Waals surface area (Å²) in [4.78, 5) is 21.0.